The summed E-state index contributed by atoms with van der Waals surface area (Å²) in [6.45, 7) is 2.04. The minimum absolute atomic E-state index is 0.716. The molecule has 2 aromatic heterocycles. The molecule has 0 unspecified atom stereocenters. The Morgan fingerprint density at radius 2 is 2.36 bits per heavy atom. The van der Waals surface area contributed by atoms with E-state index in [2.05, 4.69) is 20.3 Å². The average molecular weight is 191 g/mol. The quantitative estimate of drug-likeness (QED) is 0.776. The van der Waals surface area contributed by atoms with Crippen LogP contribution in [0.3, 0.4) is 0 Å². The van der Waals surface area contributed by atoms with E-state index in [0.29, 0.717) is 6.42 Å². The molecule has 0 atom stereocenters. The fourth-order valence-electron chi connectivity index (χ4n) is 1.30. The van der Waals surface area contributed by atoms with Gasteiger partial charge in [0, 0.05) is 19.7 Å². The highest BCUT2D eigenvalue weighted by molar-refractivity contribution is 5.07. The first kappa shape index (κ1) is 8.93. The third-order valence-electron chi connectivity index (χ3n) is 2.01. The first-order valence-electron chi connectivity index (χ1n) is 4.66. The molecule has 1 N–H and O–H groups in total. The Morgan fingerprint density at radius 1 is 1.50 bits per heavy atom. The van der Waals surface area contributed by atoms with Gasteiger partial charge in [-0.1, -0.05) is 6.92 Å². The van der Waals surface area contributed by atoms with Crippen LogP contribution in [0.2, 0.25) is 0 Å². The normalized spacial score (nSPS) is 10.7. The van der Waals surface area contributed by atoms with Crippen molar-refractivity contribution in [1.82, 2.24) is 25.0 Å². The Kier molecular flexibility index (Phi) is 2.30. The van der Waals surface area contributed by atoms with Crippen molar-refractivity contribution in [2.45, 2.75) is 19.8 Å². The lowest BCUT2D eigenvalue weighted by Crippen LogP contribution is -1.94. The van der Waals surface area contributed by atoms with Gasteiger partial charge in [0.2, 0.25) is 0 Å². The molecule has 0 bridgehead atoms. The summed E-state index contributed by atoms with van der Waals surface area (Å²) in [6, 6.07) is 1.98. The average Bonchev–Trinajstić information content (AvgIpc) is 2.76. The van der Waals surface area contributed by atoms with Gasteiger partial charge in [0.25, 0.3) is 0 Å². The molecule has 14 heavy (non-hydrogen) atoms. The summed E-state index contributed by atoms with van der Waals surface area (Å²) in [5.74, 6) is 1.73. The zero-order valence-corrected chi connectivity index (χ0v) is 8.36. The largest absolute Gasteiger partial charge is 0.276 e. The van der Waals surface area contributed by atoms with Gasteiger partial charge in [0.1, 0.15) is 11.6 Å². The molecule has 0 amide bonds. The molecule has 0 saturated heterocycles. The Hall–Kier alpha value is -1.65. The number of aromatic amines is 1. The van der Waals surface area contributed by atoms with E-state index in [1.54, 1.807) is 4.68 Å². The van der Waals surface area contributed by atoms with Crippen LogP contribution in [0, 0.1) is 0 Å². The number of hydrogen-bond donors (Lipinski definition) is 1. The molecule has 0 aliphatic heterocycles. The highest BCUT2D eigenvalue weighted by Gasteiger charge is 2.04. The maximum absolute atomic E-state index is 4.32. The van der Waals surface area contributed by atoms with Gasteiger partial charge in [-0.25, -0.2) is 4.98 Å². The lowest BCUT2D eigenvalue weighted by molar-refractivity contribution is 0.744. The van der Waals surface area contributed by atoms with Gasteiger partial charge in [-0.15, -0.1) is 0 Å². The maximum atomic E-state index is 4.32. The zero-order valence-electron chi connectivity index (χ0n) is 8.36. The molecule has 0 fully saturated rings. The van der Waals surface area contributed by atoms with E-state index in [1.807, 2.05) is 26.2 Å². The monoisotopic (exact) mass is 191 g/mol. The van der Waals surface area contributed by atoms with E-state index in [9.17, 15) is 0 Å². The van der Waals surface area contributed by atoms with E-state index >= 15 is 0 Å². The first-order valence-corrected chi connectivity index (χ1v) is 4.66. The van der Waals surface area contributed by atoms with Crippen LogP contribution >= 0.6 is 0 Å². The van der Waals surface area contributed by atoms with E-state index < -0.39 is 0 Å². The lowest BCUT2D eigenvalue weighted by atomic mass is 10.3. The Bertz CT molecular complexity index is 414. The third-order valence-corrected chi connectivity index (χ3v) is 2.01. The van der Waals surface area contributed by atoms with Gasteiger partial charge in [0.15, 0.2) is 0 Å². The molecular formula is C9H13N5. The molecule has 0 aliphatic rings. The van der Waals surface area contributed by atoms with Crippen molar-refractivity contribution >= 4 is 0 Å². The summed E-state index contributed by atoms with van der Waals surface area (Å²) >= 11 is 0. The van der Waals surface area contributed by atoms with Crippen LogP contribution in [0.25, 0.3) is 0 Å². The number of aryl methyl sites for hydroxylation is 2. The molecule has 5 nitrogen and oxygen atoms in total. The highest BCUT2D eigenvalue weighted by atomic mass is 15.3. The van der Waals surface area contributed by atoms with Crippen molar-refractivity contribution in [3.8, 4) is 0 Å². The van der Waals surface area contributed by atoms with Crippen molar-refractivity contribution in [2.75, 3.05) is 0 Å². The minimum Gasteiger partial charge on any atom is -0.276 e. The topological polar surface area (TPSA) is 59.4 Å². The minimum atomic E-state index is 0.716. The van der Waals surface area contributed by atoms with Gasteiger partial charge < -0.3 is 0 Å². The predicted molar refractivity (Wildman–Crippen MR) is 51.8 cm³/mol. The molecule has 0 spiro atoms. The van der Waals surface area contributed by atoms with Gasteiger partial charge in [-0.2, -0.15) is 10.2 Å². The number of hydrogen-bond acceptors (Lipinski definition) is 3. The van der Waals surface area contributed by atoms with Crippen LogP contribution < -0.4 is 0 Å². The van der Waals surface area contributed by atoms with Crippen molar-refractivity contribution in [2.24, 2.45) is 7.05 Å². The number of nitrogens with zero attached hydrogens (tertiary/aromatic N) is 4. The van der Waals surface area contributed by atoms with E-state index in [-0.39, 0.29) is 0 Å². The fraction of sp³-hybridized carbons (Fsp3) is 0.444. The van der Waals surface area contributed by atoms with E-state index in [0.717, 1.165) is 23.8 Å². The van der Waals surface area contributed by atoms with Gasteiger partial charge in [-0.3, -0.25) is 9.78 Å². The number of rotatable bonds is 3. The lowest BCUT2D eigenvalue weighted by Gasteiger charge is -1.90. The summed E-state index contributed by atoms with van der Waals surface area (Å²) in [4.78, 5) is 4.32. The Labute approximate surface area is 82.2 Å². The summed E-state index contributed by atoms with van der Waals surface area (Å²) < 4.78 is 1.78. The number of nitrogens with one attached hydrogen (secondary N) is 1. The third kappa shape index (κ3) is 1.81. The molecule has 2 rings (SSSR count). The SMILES string of the molecule is CCc1n[nH]c(Cc2ccn(C)n2)n1. The summed E-state index contributed by atoms with van der Waals surface area (Å²) in [7, 11) is 1.90. The van der Waals surface area contributed by atoms with E-state index in [4.69, 9.17) is 0 Å². The van der Waals surface area contributed by atoms with Crippen LogP contribution in [0.4, 0.5) is 0 Å². The van der Waals surface area contributed by atoms with E-state index in [1.165, 1.54) is 0 Å². The predicted octanol–water partition coefficient (Wildman–Crippen LogP) is 0.691. The molecule has 2 aromatic rings. The Morgan fingerprint density at radius 3 is 2.93 bits per heavy atom. The number of aromatic nitrogens is 5. The molecule has 0 saturated carbocycles. The fourth-order valence-corrected chi connectivity index (χ4v) is 1.30. The van der Waals surface area contributed by atoms with Crippen LogP contribution in [-0.2, 0) is 19.9 Å². The molecule has 2 heterocycles. The first-order chi connectivity index (χ1) is 6.78. The molecular weight excluding hydrogens is 178 g/mol. The van der Waals surface area contributed by atoms with Crippen LogP contribution in [-0.4, -0.2) is 25.0 Å². The second-order valence-corrected chi connectivity index (χ2v) is 3.21. The molecule has 5 heteroatoms. The summed E-state index contributed by atoms with van der Waals surface area (Å²) in [6.07, 6.45) is 3.50. The number of H-pyrrole nitrogens is 1. The van der Waals surface area contributed by atoms with Gasteiger partial charge in [0.05, 0.1) is 12.1 Å². The highest BCUT2D eigenvalue weighted by Crippen LogP contribution is 2.02. The van der Waals surface area contributed by atoms with Crippen molar-refractivity contribution in [3.63, 3.8) is 0 Å². The standard InChI is InChI=1S/C9H13N5/c1-3-8-10-9(12-11-8)6-7-4-5-14(2)13-7/h4-5H,3,6H2,1-2H3,(H,10,11,12). The van der Waals surface area contributed by atoms with Crippen molar-refractivity contribution < 1.29 is 0 Å². The molecule has 0 aromatic carbocycles. The smallest absolute Gasteiger partial charge is 0.150 e. The van der Waals surface area contributed by atoms with Gasteiger partial charge >= 0.3 is 0 Å². The zero-order chi connectivity index (χ0) is 9.97. The molecule has 0 aliphatic carbocycles. The van der Waals surface area contributed by atoms with Crippen molar-refractivity contribution in [1.29, 1.82) is 0 Å². The van der Waals surface area contributed by atoms with Crippen LogP contribution in [0.15, 0.2) is 12.3 Å². The van der Waals surface area contributed by atoms with Crippen LogP contribution in [0.1, 0.15) is 24.3 Å². The summed E-state index contributed by atoms with van der Waals surface area (Å²) in [5.41, 5.74) is 1.01. The van der Waals surface area contributed by atoms with Crippen molar-refractivity contribution in [3.05, 3.63) is 29.6 Å². The van der Waals surface area contributed by atoms with Crippen LogP contribution in [0.5, 0.6) is 0 Å². The second-order valence-electron chi connectivity index (χ2n) is 3.21. The molecule has 74 valence electrons. The Balaban J connectivity index is 2.10. The molecule has 0 radical (unpaired) electrons. The maximum Gasteiger partial charge on any atom is 0.150 e. The van der Waals surface area contributed by atoms with Gasteiger partial charge in [-0.05, 0) is 6.07 Å². The summed E-state index contributed by atoms with van der Waals surface area (Å²) in [5, 5.41) is 11.2. The second kappa shape index (κ2) is 3.61.